The van der Waals surface area contributed by atoms with Crippen LogP contribution in [0, 0.1) is 0 Å². The third kappa shape index (κ3) is 12.1. The van der Waals surface area contributed by atoms with Crippen LogP contribution in [0.4, 0.5) is 0 Å². The molecule has 0 radical (unpaired) electrons. The van der Waals surface area contributed by atoms with E-state index in [1.165, 1.54) is 32.4 Å². The van der Waals surface area contributed by atoms with Crippen LogP contribution in [0.1, 0.15) is 64.9 Å². The fourth-order valence-corrected chi connectivity index (χ4v) is 5.93. The highest BCUT2D eigenvalue weighted by Gasteiger charge is 2.39. The molecule has 6 nitrogen and oxygen atoms in total. The van der Waals surface area contributed by atoms with Crippen molar-refractivity contribution in [2.24, 2.45) is 0 Å². The molecule has 0 aromatic heterocycles. The molecule has 1 rings (SSSR count). The highest BCUT2D eigenvalue weighted by molar-refractivity contribution is 6.60. The second-order valence-electron chi connectivity index (χ2n) is 7.13. The third-order valence-electron chi connectivity index (χ3n) is 4.73. The smallest absolute Gasteiger partial charge is 0.494 e. The molecular formula is C24H40O6Si. The summed E-state index contributed by atoms with van der Waals surface area (Å²) in [6.45, 7) is 8.62. The van der Waals surface area contributed by atoms with Crippen molar-refractivity contribution >= 4 is 20.8 Å². The van der Waals surface area contributed by atoms with Crippen LogP contribution in [-0.2, 0) is 22.8 Å². The van der Waals surface area contributed by atoms with Crippen LogP contribution in [0.15, 0.2) is 30.3 Å². The van der Waals surface area contributed by atoms with Gasteiger partial charge in [0.15, 0.2) is 0 Å². The SMILES string of the molecule is CCO[Si](CCCCCCCCOc1ccc(C=CC(=O)OC)cc1)(OCC)OCC. The maximum atomic E-state index is 11.1. The molecule has 0 atom stereocenters. The highest BCUT2D eigenvalue weighted by Crippen LogP contribution is 2.21. The number of hydrogen-bond acceptors (Lipinski definition) is 6. The van der Waals surface area contributed by atoms with Gasteiger partial charge in [0.25, 0.3) is 0 Å². The minimum absolute atomic E-state index is 0.361. The van der Waals surface area contributed by atoms with Crippen molar-refractivity contribution in [2.45, 2.75) is 65.3 Å². The number of methoxy groups -OCH3 is 1. The maximum absolute atomic E-state index is 11.1. The molecule has 0 saturated heterocycles. The molecule has 0 aliphatic rings. The van der Waals surface area contributed by atoms with Crippen molar-refractivity contribution in [1.29, 1.82) is 0 Å². The van der Waals surface area contributed by atoms with Crippen molar-refractivity contribution in [2.75, 3.05) is 33.5 Å². The molecule has 7 heteroatoms. The fraction of sp³-hybridized carbons (Fsp3) is 0.625. The number of esters is 1. The summed E-state index contributed by atoms with van der Waals surface area (Å²) in [5.41, 5.74) is 0.933. The molecular weight excluding hydrogens is 412 g/mol. The highest BCUT2D eigenvalue weighted by atomic mass is 28.4. The Bertz CT molecular complexity index is 600. The molecule has 0 bridgehead atoms. The van der Waals surface area contributed by atoms with Crippen molar-refractivity contribution in [1.82, 2.24) is 0 Å². The summed E-state index contributed by atoms with van der Waals surface area (Å²) in [5, 5.41) is 0. The molecule has 176 valence electrons. The first-order valence-corrected chi connectivity index (χ1v) is 13.4. The average Bonchev–Trinajstić information content (AvgIpc) is 2.77. The van der Waals surface area contributed by atoms with Crippen molar-refractivity contribution in [3.05, 3.63) is 35.9 Å². The topological polar surface area (TPSA) is 63.2 Å². The summed E-state index contributed by atoms with van der Waals surface area (Å²) in [6.07, 6.45) is 9.98. The number of benzene rings is 1. The van der Waals surface area contributed by atoms with Crippen molar-refractivity contribution in [3.63, 3.8) is 0 Å². The van der Waals surface area contributed by atoms with Crippen LogP contribution in [-0.4, -0.2) is 48.3 Å². The first-order chi connectivity index (χ1) is 15.1. The molecule has 0 aliphatic carbocycles. The Balaban J connectivity index is 2.15. The summed E-state index contributed by atoms with van der Waals surface area (Å²) >= 11 is 0. The Morgan fingerprint density at radius 1 is 0.839 bits per heavy atom. The molecule has 0 saturated carbocycles. The summed E-state index contributed by atoms with van der Waals surface area (Å²) in [5.74, 6) is 0.485. The number of rotatable bonds is 18. The van der Waals surface area contributed by atoms with Crippen LogP contribution in [0.2, 0.25) is 6.04 Å². The van der Waals surface area contributed by atoms with Gasteiger partial charge >= 0.3 is 14.8 Å². The zero-order valence-electron chi connectivity index (χ0n) is 19.7. The Labute approximate surface area is 189 Å². The molecule has 0 fully saturated rings. The number of ether oxygens (including phenoxy) is 2. The first kappa shape index (κ1) is 27.4. The molecule has 1 aromatic carbocycles. The van der Waals surface area contributed by atoms with E-state index < -0.39 is 8.80 Å². The standard InChI is InChI=1S/C24H40O6Si/c1-5-28-31(29-6-2,30-7-3)21-13-11-9-8-10-12-20-27-23-17-14-22(15-18-23)16-19-24(25)26-4/h14-19H,5-13,20-21H2,1-4H3. The van der Waals surface area contributed by atoms with E-state index in [2.05, 4.69) is 4.74 Å². The molecule has 0 spiro atoms. The van der Waals surface area contributed by atoms with Crippen LogP contribution < -0.4 is 4.74 Å². The van der Waals surface area contributed by atoms with Crippen LogP contribution in [0.3, 0.4) is 0 Å². The Kier molecular flexibility index (Phi) is 15.0. The first-order valence-electron chi connectivity index (χ1n) is 11.5. The minimum atomic E-state index is -2.48. The summed E-state index contributed by atoms with van der Waals surface area (Å²) in [4.78, 5) is 11.1. The lowest BCUT2D eigenvalue weighted by molar-refractivity contribution is -0.134. The van der Waals surface area contributed by atoms with E-state index in [1.54, 1.807) is 6.08 Å². The fourth-order valence-electron chi connectivity index (χ4n) is 3.25. The van der Waals surface area contributed by atoms with Crippen LogP contribution in [0.5, 0.6) is 5.75 Å². The van der Waals surface area contributed by atoms with Gasteiger partial charge in [-0.2, -0.15) is 0 Å². The van der Waals surface area contributed by atoms with E-state index in [4.69, 9.17) is 18.0 Å². The lowest BCUT2D eigenvalue weighted by atomic mass is 10.1. The normalized spacial score (nSPS) is 11.7. The van der Waals surface area contributed by atoms with Gasteiger partial charge in [-0.3, -0.25) is 0 Å². The Hall–Kier alpha value is -1.67. The summed E-state index contributed by atoms with van der Waals surface area (Å²) in [7, 11) is -1.11. The van der Waals surface area contributed by atoms with Gasteiger partial charge in [0, 0.05) is 31.9 Å². The van der Waals surface area contributed by atoms with E-state index in [9.17, 15) is 4.79 Å². The second-order valence-corrected chi connectivity index (χ2v) is 9.86. The van der Waals surface area contributed by atoms with Gasteiger partial charge in [0.2, 0.25) is 0 Å². The van der Waals surface area contributed by atoms with Crippen molar-refractivity contribution in [3.8, 4) is 5.75 Å². The lowest BCUT2D eigenvalue weighted by Crippen LogP contribution is -2.45. The van der Waals surface area contributed by atoms with Gasteiger partial charge in [-0.25, -0.2) is 4.79 Å². The number of hydrogen-bond donors (Lipinski definition) is 0. The third-order valence-corrected chi connectivity index (χ3v) is 7.88. The lowest BCUT2D eigenvalue weighted by Gasteiger charge is -2.28. The van der Waals surface area contributed by atoms with Gasteiger partial charge in [-0.15, -0.1) is 0 Å². The summed E-state index contributed by atoms with van der Waals surface area (Å²) < 4.78 is 28.1. The van der Waals surface area contributed by atoms with E-state index in [-0.39, 0.29) is 5.97 Å². The zero-order chi connectivity index (χ0) is 22.8. The number of carbonyl (C=O) groups is 1. The van der Waals surface area contributed by atoms with E-state index in [0.717, 1.165) is 36.6 Å². The van der Waals surface area contributed by atoms with Crippen molar-refractivity contribution < 1.29 is 27.5 Å². The number of carbonyl (C=O) groups excluding carboxylic acids is 1. The van der Waals surface area contributed by atoms with Gasteiger partial charge in [-0.05, 0) is 57.4 Å². The molecule has 31 heavy (non-hydrogen) atoms. The maximum Gasteiger partial charge on any atom is 0.500 e. The van der Waals surface area contributed by atoms with Gasteiger partial charge in [0.05, 0.1) is 13.7 Å². The quantitative estimate of drug-likeness (QED) is 0.124. The van der Waals surface area contributed by atoms with Gasteiger partial charge < -0.3 is 22.8 Å². The van der Waals surface area contributed by atoms with Crippen LogP contribution >= 0.6 is 0 Å². The monoisotopic (exact) mass is 452 g/mol. The van der Waals surface area contributed by atoms with E-state index in [1.807, 2.05) is 45.0 Å². The Morgan fingerprint density at radius 3 is 1.94 bits per heavy atom. The predicted octanol–water partition coefficient (Wildman–Crippen LogP) is 5.64. The second kappa shape index (κ2) is 16.9. The van der Waals surface area contributed by atoms with Gasteiger partial charge in [-0.1, -0.05) is 37.8 Å². The minimum Gasteiger partial charge on any atom is -0.494 e. The summed E-state index contributed by atoms with van der Waals surface area (Å²) in [6, 6.07) is 8.58. The van der Waals surface area contributed by atoms with Crippen LogP contribution in [0.25, 0.3) is 6.08 Å². The zero-order valence-corrected chi connectivity index (χ0v) is 20.7. The van der Waals surface area contributed by atoms with Gasteiger partial charge in [0.1, 0.15) is 5.75 Å². The molecule has 0 N–H and O–H groups in total. The average molecular weight is 453 g/mol. The number of unbranched alkanes of at least 4 members (excludes halogenated alkanes) is 5. The van der Waals surface area contributed by atoms with E-state index in [0.29, 0.717) is 26.4 Å². The Morgan fingerprint density at radius 2 is 1.39 bits per heavy atom. The molecule has 0 heterocycles. The largest absolute Gasteiger partial charge is 0.500 e. The predicted molar refractivity (Wildman–Crippen MR) is 126 cm³/mol. The van der Waals surface area contributed by atoms with E-state index >= 15 is 0 Å². The molecule has 1 aromatic rings. The molecule has 0 aliphatic heterocycles. The molecule has 0 amide bonds. The molecule has 0 unspecified atom stereocenters.